The van der Waals surface area contributed by atoms with E-state index >= 15 is 0 Å². The van der Waals surface area contributed by atoms with Gasteiger partial charge in [-0.2, -0.15) is 0 Å². The Balaban J connectivity index is 3.10. The molecule has 0 aliphatic carbocycles. The summed E-state index contributed by atoms with van der Waals surface area (Å²) in [6, 6.07) is 33.9. The lowest BCUT2D eigenvalue weighted by Crippen LogP contribution is -1.52. The smallest absolute Gasteiger partial charge is 0.0175 e. The van der Waals surface area contributed by atoms with E-state index in [2.05, 4.69) is 15.9 Å². The van der Waals surface area contributed by atoms with Crippen LogP contribution in [0.3, 0.4) is 0 Å². The van der Waals surface area contributed by atoms with Crippen LogP contribution in [-0.2, 0) is 0 Å². The zero-order chi connectivity index (χ0) is 13.6. The molecule has 0 spiro atoms. The van der Waals surface area contributed by atoms with Gasteiger partial charge in [0.05, 0.1) is 0 Å². The molecule has 0 bridgehead atoms. The monoisotopic (exact) mass is 312 g/mol. The minimum absolute atomic E-state index is 1.03. The van der Waals surface area contributed by atoms with Gasteiger partial charge in [-0.05, 0) is 12.1 Å². The molecule has 19 heavy (non-hydrogen) atoms. The van der Waals surface area contributed by atoms with Gasteiger partial charge < -0.3 is 0 Å². The summed E-state index contributed by atoms with van der Waals surface area (Å²) in [5, 5.41) is 0. The molecule has 1 aromatic rings. The molecular weight excluding hydrogens is 296 g/mol. The Hall–Kier alpha value is -1.86. The first kappa shape index (κ1) is 15.2. The van der Waals surface area contributed by atoms with Crippen molar-refractivity contribution in [1.29, 1.82) is 0 Å². The average Bonchev–Trinajstić information content (AvgIpc) is 2.41. The van der Waals surface area contributed by atoms with E-state index in [1.54, 1.807) is 0 Å². The Morgan fingerprint density at radius 3 is 0.842 bits per heavy atom. The van der Waals surface area contributed by atoms with E-state index in [4.69, 9.17) is 0 Å². The van der Waals surface area contributed by atoms with Crippen LogP contribution in [-0.4, -0.2) is 0 Å². The Kier molecular flexibility index (Phi) is 8.99. The molecule has 1 aromatic carbocycles. The quantitative estimate of drug-likeness (QED) is 0.566. The highest BCUT2D eigenvalue weighted by Crippen LogP contribution is 2.02. The van der Waals surface area contributed by atoms with Crippen LogP contribution in [0, 0.1) is 0 Å². The Morgan fingerprint density at radius 1 is 0.368 bits per heavy atom. The van der Waals surface area contributed by atoms with Crippen LogP contribution >= 0.6 is 15.9 Å². The molecule has 0 radical (unpaired) electrons. The minimum Gasteiger partial charge on any atom is -0.0623 e. The SMILES string of the molecule is Brc1ccccccccccccccccc1. The van der Waals surface area contributed by atoms with E-state index in [1.807, 2.05) is 103 Å². The summed E-state index contributed by atoms with van der Waals surface area (Å²) >= 11 is 3.48. The maximum absolute atomic E-state index is 3.48. The lowest BCUT2D eigenvalue weighted by atomic mass is 10.4. The lowest BCUT2D eigenvalue weighted by Gasteiger charge is -1.77. The predicted octanol–water partition coefficient (Wildman–Crippen LogP) is 5.82. The van der Waals surface area contributed by atoms with Crippen molar-refractivity contribution in [1.82, 2.24) is 0 Å². The first-order valence-electron chi connectivity index (χ1n) is 6.10. The van der Waals surface area contributed by atoms with Gasteiger partial charge in [-0.1, -0.05) is 107 Å². The molecule has 0 amide bonds. The number of hydrogen-bond donors (Lipinski definition) is 0. The summed E-state index contributed by atoms with van der Waals surface area (Å²) in [5.41, 5.74) is 0. The van der Waals surface area contributed by atoms with Crippen molar-refractivity contribution in [3.63, 3.8) is 0 Å². The van der Waals surface area contributed by atoms with Crippen molar-refractivity contribution in [3.05, 3.63) is 108 Å². The zero-order valence-electron chi connectivity index (χ0n) is 10.7. The highest BCUT2D eigenvalue weighted by Gasteiger charge is 1.71. The number of halogens is 1. The van der Waals surface area contributed by atoms with Crippen molar-refractivity contribution < 1.29 is 0 Å². The second kappa shape index (κ2) is 11.2. The molecule has 0 atom stereocenters. The topological polar surface area (TPSA) is 0 Å². The van der Waals surface area contributed by atoms with Gasteiger partial charge in [0, 0.05) is 4.47 Å². The Morgan fingerprint density at radius 2 is 0.579 bits per heavy atom. The van der Waals surface area contributed by atoms with E-state index in [0.29, 0.717) is 0 Å². The molecule has 0 heterocycles. The van der Waals surface area contributed by atoms with Gasteiger partial charge >= 0.3 is 0 Å². The van der Waals surface area contributed by atoms with Crippen LogP contribution in [0.15, 0.2) is 108 Å². The fourth-order valence-electron chi connectivity index (χ4n) is 1.18. The van der Waals surface area contributed by atoms with Gasteiger partial charge in [-0.15, -0.1) is 0 Å². The van der Waals surface area contributed by atoms with E-state index in [0.717, 1.165) is 4.47 Å². The molecule has 0 unspecified atom stereocenters. The van der Waals surface area contributed by atoms with Crippen LogP contribution in [0.2, 0.25) is 0 Å². The fraction of sp³-hybridized carbons (Fsp3) is 0. The summed E-state index contributed by atoms with van der Waals surface area (Å²) in [6.45, 7) is 0. The molecule has 1 heteroatoms. The number of hydrogen-bond acceptors (Lipinski definition) is 0. The second-order valence-electron chi connectivity index (χ2n) is 3.60. The summed E-state index contributed by atoms with van der Waals surface area (Å²) < 4.78 is 1.03. The normalized spacial score (nSPS) is 8.26. The molecule has 0 aliphatic rings. The van der Waals surface area contributed by atoms with E-state index < -0.39 is 0 Å². The third-order valence-electron chi connectivity index (χ3n) is 2.07. The average molecular weight is 313 g/mol. The van der Waals surface area contributed by atoms with Gasteiger partial charge in [0.25, 0.3) is 0 Å². The van der Waals surface area contributed by atoms with Gasteiger partial charge in [0.2, 0.25) is 0 Å². The molecule has 0 fully saturated rings. The summed E-state index contributed by atoms with van der Waals surface area (Å²) in [5.74, 6) is 0. The maximum Gasteiger partial charge on any atom is 0.0175 e. The van der Waals surface area contributed by atoms with Crippen molar-refractivity contribution >= 4 is 15.9 Å². The highest BCUT2D eigenvalue weighted by molar-refractivity contribution is 9.10. The van der Waals surface area contributed by atoms with Gasteiger partial charge in [0.1, 0.15) is 0 Å². The minimum atomic E-state index is 1.03. The molecule has 96 valence electrons. The van der Waals surface area contributed by atoms with Crippen LogP contribution in [0.1, 0.15) is 0 Å². The third-order valence-corrected chi connectivity index (χ3v) is 2.60. The lowest BCUT2D eigenvalue weighted by molar-refractivity contribution is 1.69. The molecule has 0 saturated heterocycles. The van der Waals surface area contributed by atoms with Crippen LogP contribution in [0.5, 0.6) is 0 Å². The van der Waals surface area contributed by atoms with Crippen molar-refractivity contribution in [2.75, 3.05) is 0 Å². The summed E-state index contributed by atoms with van der Waals surface area (Å²) in [6.07, 6.45) is 0. The first-order valence-corrected chi connectivity index (χ1v) is 6.89. The molecule has 0 N–H and O–H groups in total. The van der Waals surface area contributed by atoms with Gasteiger partial charge in [-0.25, -0.2) is 0 Å². The Bertz CT molecular complexity index is 488. The standard InChI is InChI=1S/C18H17Br/c19-18-16-14-12-10-8-6-4-2-1-3-5-7-9-11-13-15-17-18/h1-17H. The largest absolute Gasteiger partial charge is 0.0623 e. The van der Waals surface area contributed by atoms with E-state index in [-0.39, 0.29) is 0 Å². The highest BCUT2D eigenvalue weighted by atomic mass is 79.9. The molecular formula is C18H17Br. The third kappa shape index (κ3) is 9.81. The fourth-order valence-corrected chi connectivity index (χ4v) is 1.49. The summed E-state index contributed by atoms with van der Waals surface area (Å²) in [4.78, 5) is 0. The Labute approximate surface area is 123 Å². The van der Waals surface area contributed by atoms with E-state index in [9.17, 15) is 0 Å². The van der Waals surface area contributed by atoms with Crippen LogP contribution in [0.25, 0.3) is 0 Å². The van der Waals surface area contributed by atoms with Crippen molar-refractivity contribution in [2.45, 2.75) is 0 Å². The van der Waals surface area contributed by atoms with Crippen LogP contribution in [0.4, 0.5) is 0 Å². The molecule has 0 nitrogen and oxygen atoms in total. The van der Waals surface area contributed by atoms with Gasteiger partial charge in [0.15, 0.2) is 0 Å². The van der Waals surface area contributed by atoms with Gasteiger partial charge in [-0.3, -0.25) is 0 Å². The zero-order valence-corrected chi connectivity index (χ0v) is 12.3. The maximum atomic E-state index is 3.48. The second-order valence-corrected chi connectivity index (χ2v) is 4.52. The van der Waals surface area contributed by atoms with Crippen molar-refractivity contribution in [2.24, 2.45) is 0 Å². The first-order chi connectivity index (χ1) is 9.39. The molecule has 1 rings (SSSR count). The van der Waals surface area contributed by atoms with E-state index in [1.165, 1.54) is 0 Å². The molecule has 0 aromatic heterocycles. The number of rotatable bonds is 0. The summed E-state index contributed by atoms with van der Waals surface area (Å²) in [7, 11) is 0. The molecule has 0 aliphatic heterocycles. The van der Waals surface area contributed by atoms with Crippen LogP contribution < -0.4 is 0 Å². The molecule has 0 saturated carbocycles. The van der Waals surface area contributed by atoms with Crippen molar-refractivity contribution in [3.8, 4) is 0 Å². The predicted molar refractivity (Wildman–Crippen MR) is 87.0 cm³/mol.